The second-order valence-electron chi connectivity index (χ2n) is 6.19. The number of nitro benzene ring substituents is 1. The molecule has 4 rings (SSSR count). The maximum absolute atomic E-state index is 12.0. The third-order valence-corrected chi connectivity index (χ3v) is 5.79. The Bertz CT molecular complexity index is 1000. The summed E-state index contributed by atoms with van der Waals surface area (Å²) in [5.41, 5.74) is 3.34. The maximum atomic E-state index is 12.0. The Balaban J connectivity index is 1.82. The fraction of sp³-hybridized carbons (Fsp3) is 0.158. The van der Waals surface area contributed by atoms with Crippen LogP contribution in [0.25, 0.3) is 16.9 Å². The van der Waals surface area contributed by atoms with E-state index in [0.717, 1.165) is 16.8 Å². The summed E-state index contributed by atoms with van der Waals surface area (Å²) in [4.78, 5) is 24.2. The average Bonchev–Trinajstić information content (AvgIpc) is 3.27. The van der Waals surface area contributed by atoms with Crippen molar-refractivity contribution in [3.63, 3.8) is 0 Å². The van der Waals surface area contributed by atoms with Gasteiger partial charge in [0.25, 0.3) is 5.69 Å². The molecule has 136 valence electrons. The molecule has 1 saturated heterocycles. The van der Waals surface area contributed by atoms with E-state index in [2.05, 4.69) is 0 Å². The van der Waals surface area contributed by atoms with E-state index < -0.39 is 4.92 Å². The minimum Gasteiger partial charge on any atom is -0.329 e. The van der Waals surface area contributed by atoms with Gasteiger partial charge in [0, 0.05) is 36.5 Å². The van der Waals surface area contributed by atoms with Gasteiger partial charge in [0.2, 0.25) is 5.91 Å². The number of rotatable bonds is 4. The zero-order chi connectivity index (χ0) is 19.0. The zero-order valence-corrected chi connectivity index (χ0v) is 15.3. The first-order chi connectivity index (χ1) is 13.0. The molecular weight excluding hydrogens is 364 g/mol. The zero-order valence-electron chi connectivity index (χ0n) is 14.5. The van der Waals surface area contributed by atoms with Crippen molar-refractivity contribution in [2.24, 2.45) is 0 Å². The van der Waals surface area contributed by atoms with Crippen molar-refractivity contribution >= 4 is 23.4 Å². The minimum absolute atomic E-state index is 0.0327. The van der Waals surface area contributed by atoms with Crippen LogP contribution in [0, 0.1) is 10.1 Å². The van der Waals surface area contributed by atoms with Crippen molar-refractivity contribution in [3.05, 3.63) is 76.5 Å². The van der Waals surface area contributed by atoms with E-state index in [9.17, 15) is 14.9 Å². The Kier molecular flexibility index (Phi) is 4.41. The van der Waals surface area contributed by atoms with Crippen LogP contribution < -0.4 is 0 Å². The van der Waals surface area contributed by atoms with Crippen molar-refractivity contribution in [3.8, 4) is 16.9 Å². The molecule has 27 heavy (non-hydrogen) atoms. The maximum Gasteiger partial charge on any atom is 0.269 e. The van der Waals surface area contributed by atoms with Gasteiger partial charge in [-0.1, -0.05) is 18.2 Å². The molecule has 0 radical (unpaired) electrons. The molecule has 0 bridgehead atoms. The van der Waals surface area contributed by atoms with Crippen molar-refractivity contribution < 1.29 is 9.72 Å². The third-order valence-electron chi connectivity index (χ3n) is 4.49. The summed E-state index contributed by atoms with van der Waals surface area (Å²) >= 11 is 1.55. The van der Waals surface area contributed by atoms with Gasteiger partial charge in [-0.25, -0.2) is 4.68 Å². The lowest BCUT2D eigenvalue weighted by Crippen LogP contribution is -2.23. The van der Waals surface area contributed by atoms with Crippen LogP contribution in [0.3, 0.4) is 0 Å². The molecule has 1 amide bonds. The van der Waals surface area contributed by atoms with Gasteiger partial charge in [0.15, 0.2) is 0 Å². The van der Waals surface area contributed by atoms with Crippen LogP contribution in [0.15, 0.2) is 60.8 Å². The minimum atomic E-state index is -0.424. The van der Waals surface area contributed by atoms with Gasteiger partial charge in [-0.05, 0) is 24.3 Å². The number of carbonyl (C=O) groups excluding carboxylic acids is 1. The summed E-state index contributed by atoms with van der Waals surface area (Å²) < 4.78 is 1.78. The Hall–Kier alpha value is -3.13. The lowest BCUT2D eigenvalue weighted by molar-refractivity contribution is -0.384. The first kappa shape index (κ1) is 17.3. The summed E-state index contributed by atoms with van der Waals surface area (Å²) in [5.74, 6) is 0.504. The number of nitro groups is 1. The summed E-state index contributed by atoms with van der Waals surface area (Å²) in [7, 11) is 1.78. The summed E-state index contributed by atoms with van der Waals surface area (Å²) in [6.07, 6.45) is 1.93. The molecule has 0 aliphatic carbocycles. The Morgan fingerprint density at radius 3 is 2.44 bits per heavy atom. The summed E-state index contributed by atoms with van der Waals surface area (Å²) in [5, 5.41) is 15.5. The number of aromatic nitrogens is 2. The largest absolute Gasteiger partial charge is 0.329 e. The molecule has 1 unspecified atom stereocenters. The Labute approximate surface area is 159 Å². The van der Waals surface area contributed by atoms with Gasteiger partial charge >= 0.3 is 0 Å². The fourth-order valence-electron chi connectivity index (χ4n) is 3.04. The number of non-ortho nitro benzene ring substituents is 1. The smallest absolute Gasteiger partial charge is 0.269 e. The number of hydrogen-bond donors (Lipinski definition) is 0. The number of carbonyl (C=O) groups is 1. The second kappa shape index (κ2) is 6.88. The van der Waals surface area contributed by atoms with E-state index in [-0.39, 0.29) is 17.0 Å². The predicted molar refractivity (Wildman–Crippen MR) is 104 cm³/mol. The Morgan fingerprint density at radius 2 is 1.85 bits per heavy atom. The molecule has 1 aliphatic heterocycles. The number of benzene rings is 2. The summed E-state index contributed by atoms with van der Waals surface area (Å²) in [6, 6.07) is 16.0. The van der Waals surface area contributed by atoms with Gasteiger partial charge in [0.1, 0.15) is 5.37 Å². The molecule has 1 aromatic heterocycles. The van der Waals surface area contributed by atoms with Crippen LogP contribution in [-0.4, -0.2) is 38.3 Å². The first-order valence-electron chi connectivity index (χ1n) is 8.31. The molecule has 1 fully saturated rings. The van der Waals surface area contributed by atoms with Gasteiger partial charge in [-0.3, -0.25) is 14.9 Å². The van der Waals surface area contributed by atoms with Crippen LogP contribution in [0.2, 0.25) is 0 Å². The topological polar surface area (TPSA) is 81.3 Å². The average molecular weight is 380 g/mol. The van der Waals surface area contributed by atoms with Crippen LogP contribution in [-0.2, 0) is 4.79 Å². The lowest BCUT2D eigenvalue weighted by atomic mass is 10.1. The standard InChI is InChI=1S/C19H16N4O3S/c1-21-17(24)12-27-19(21)16-11-22(14-5-3-2-4-6-14)20-18(16)13-7-9-15(10-8-13)23(25)26/h2-11,19H,12H2,1H3. The van der Waals surface area contributed by atoms with E-state index in [4.69, 9.17) is 5.10 Å². The highest BCUT2D eigenvalue weighted by Crippen LogP contribution is 2.41. The highest BCUT2D eigenvalue weighted by Gasteiger charge is 2.33. The van der Waals surface area contributed by atoms with Crippen molar-refractivity contribution in [1.82, 2.24) is 14.7 Å². The van der Waals surface area contributed by atoms with Crippen LogP contribution in [0.4, 0.5) is 5.69 Å². The van der Waals surface area contributed by atoms with E-state index in [0.29, 0.717) is 11.4 Å². The number of para-hydroxylation sites is 1. The molecule has 1 aliphatic rings. The lowest BCUT2D eigenvalue weighted by Gasteiger charge is -2.18. The molecule has 1 atom stereocenters. The number of nitrogens with zero attached hydrogens (tertiary/aromatic N) is 4. The van der Waals surface area contributed by atoms with E-state index >= 15 is 0 Å². The Morgan fingerprint density at radius 1 is 1.15 bits per heavy atom. The van der Waals surface area contributed by atoms with Crippen LogP contribution >= 0.6 is 11.8 Å². The SMILES string of the molecule is CN1C(=O)CSC1c1cn(-c2ccccc2)nc1-c1ccc([N+](=O)[O-])cc1. The van der Waals surface area contributed by atoms with Gasteiger partial charge in [0.05, 0.1) is 22.1 Å². The highest BCUT2D eigenvalue weighted by atomic mass is 32.2. The monoisotopic (exact) mass is 380 g/mol. The van der Waals surface area contributed by atoms with Gasteiger partial charge in [-0.2, -0.15) is 5.10 Å². The molecule has 8 heteroatoms. The fourth-order valence-corrected chi connectivity index (χ4v) is 4.24. The normalized spacial score (nSPS) is 16.7. The van der Waals surface area contributed by atoms with E-state index in [1.54, 1.807) is 40.5 Å². The van der Waals surface area contributed by atoms with Crippen molar-refractivity contribution in [2.75, 3.05) is 12.8 Å². The summed E-state index contributed by atoms with van der Waals surface area (Å²) in [6.45, 7) is 0. The second-order valence-corrected chi connectivity index (χ2v) is 7.25. The molecule has 0 N–H and O–H groups in total. The number of amides is 1. The highest BCUT2D eigenvalue weighted by molar-refractivity contribution is 8.00. The van der Waals surface area contributed by atoms with Crippen LogP contribution in [0.1, 0.15) is 10.9 Å². The van der Waals surface area contributed by atoms with Gasteiger partial charge in [-0.15, -0.1) is 11.8 Å². The quantitative estimate of drug-likeness (QED) is 0.510. The number of thioether (sulfide) groups is 1. The van der Waals surface area contributed by atoms with E-state index in [1.165, 1.54) is 12.1 Å². The molecule has 7 nitrogen and oxygen atoms in total. The number of hydrogen-bond acceptors (Lipinski definition) is 5. The molecule has 2 heterocycles. The van der Waals surface area contributed by atoms with Crippen LogP contribution in [0.5, 0.6) is 0 Å². The van der Waals surface area contributed by atoms with Crippen molar-refractivity contribution in [1.29, 1.82) is 0 Å². The molecule has 2 aromatic carbocycles. The third kappa shape index (κ3) is 3.19. The molecule has 0 saturated carbocycles. The van der Waals surface area contributed by atoms with Gasteiger partial charge < -0.3 is 4.90 Å². The van der Waals surface area contributed by atoms with E-state index in [1.807, 2.05) is 36.5 Å². The molecular formula is C19H16N4O3S. The van der Waals surface area contributed by atoms with Crippen molar-refractivity contribution in [2.45, 2.75) is 5.37 Å². The molecule has 3 aromatic rings. The first-order valence-corrected chi connectivity index (χ1v) is 9.36. The molecule has 0 spiro atoms. The predicted octanol–water partition coefficient (Wildman–Crippen LogP) is 3.65.